The number of hydrogen-bond donors (Lipinski definition) is 2. The molecule has 62 heavy (non-hydrogen) atoms. The van der Waals surface area contributed by atoms with Crippen molar-refractivity contribution in [2.75, 3.05) is 19.6 Å². The number of benzene rings is 2. The van der Waals surface area contributed by atoms with E-state index in [1.165, 1.54) is 6.07 Å². The van der Waals surface area contributed by atoms with Crippen LogP contribution < -0.4 is 0 Å². The number of fused-ring (bicyclic) bond motifs is 5. The second-order valence-corrected chi connectivity index (χ2v) is 18.1. The highest BCUT2D eigenvalue weighted by Crippen LogP contribution is 2.43. The molecule has 3 aliphatic heterocycles. The van der Waals surface area contributed by atoms with Crippen molar-refractivity contribution in [3.63, 3.8) is 0 Å². The first-order valence-electron chi connectivity index (χ1n) is 21.8. The van der Waals surface area contributed by atoms with Crippen molar-refractivity contribution >= 4 is 51.5 Å². The lowest BCUT2D eigenvalue weighted by Gasteiger charge is -2.40. The fourth-order valence-corrected chi connectivity index (χ4v) is 11.3. The molecule has 6 aliphatic rings. The van der Waals surface area contributed by atoms with Crippen molar-refractivity contribution < 1.29 is 37.1 Å². The second-order valence-electron chi connectivity index (χ2n) is 18.1. The molecule has 5 heterocycles. The number of carbonyl (C=O) groups is 5. The molecule has 0 spiro atoms. The molecule has 2 unspecified atom stereocenters. The number of H-pyrrole nitrogens is 1. The molecule has 2 fully saturated rings. The van der Waals surface area contributed by atoms with Gasteiger partial charge in [-0.3, -0.25) is 44.2 Å². The first-order valence-corrected chi connectivity index (χ1v) is 21.8. The highest BCUT2D eigenvalue weighted by Gasteiger charge is 2.47. The van der Waals surface area contributed by atoms with Gasteiger partial charge in [-0.05, 0) is 129 Å². The maximum Gasteiger partial charge on any atom is 0.262 e. The van der Waals surface area contributed by atoms with Gasteiger partial charge in [0.1, 0.15) is 17.6 Å². The first-order chi connectivity index (χ1) is 29.9. The Balaban J connectivity index is 0.763. The van der Waals surface area contributed by atoms with Gasteiger partial charge < -0.3 is 9.88 Å². The fraction of sp³-hybridized carbons (Fsp3) is 0.438. The van der Waals surface area contributed by atoms with Crippen LogP contribution in [-0.4, -0.2) is 97.8 Å². The zero-order valence-corrected chi connectivity index (χ0v) is 34.4. The van der Waals surface area contributed by atoms with Crippen LogP contribution >= 0.6 is 0 Å². The highest BCUT2D eigenvalue weighted by molar-refractivity contribution is 6.67. The number of hydrogen-bond acceptors (Lipinski definition) is 8. The molecule has 0 radical (unpaired) electrons. The third-order valence-electron chi connectivity index (χ3n) is 14.6. The molecule has 14 heteroatoms. The molecule has 320 valence electrons. The number of Topliss-reactive ketones (excluding diaryl/α,β-unsaturated/α-hetero) is 2. The zero-order valence-electron chi connectivity index (χ0n) is 34.4. The molecule has 2 N–H and O–H groups in total. The molecule has 11 nitrogen and oxygen atoms in total. The Morgan fingerprint density at radius 2 is 1.63 bits per heavy atom. The Morgan fingerprint density at radius 1 is 0.919 bits per heavy atom. The lowest BCUT2D eigenvalue weighted by Crippen LogP contribution is -2.51. The molecular weight excluding hydrogens is 798 g/mol. The van der Waals surface area contributed by atoms with E-state index >= 15 is 4.39 Å². The molecule has 10 rings (SSSR count). The molecule has 1 saturated carbocycles. The van der Waals surface area contributed by atoms with E-state index in [1.807, 2.05) is 42.2 Å². The maximum absolute atomic E-state index is 16.2. The van der Waals surface area contributed by atoms with Crippen molar-refractivity contribution in [2.24, 2.45) is 17.8 Å². The monoisotopic (exact) mass is 844 g/mol. The number of likely N-dealkylation sites (tertiary alicyclic amines) is 1. The topological polar surface area (TPSA) is 148 Å². The normalized spacial score (nSPS) is 24.9. The number of alkyl halides is 2. The van der Waals surface area contributed by atoms with Gasteiger partial charge in [0, 0.05) is 54.3 Å². The van der Waals surface area contributed by atoms with Gasteiger partial charge in [0.25, 0.3) is 18.2 Å². The molecule has 4 atom stereocenters. The molecule has 1 saturated heterocycles. The quantitative estimate of drug-likeness (QED) is 0.190. The molecule has 3 amide bonds. The zero-order chi connectivity index (χ0) is 43.1. The number of imide groups is 1. The number of nitrogens with one attached hydrogen (secondary N) is 2. The molecule has 3 aliphatic carbocycles. The average Bonchev–Trinajstić information content (AvgIpc) is 3.93. The minimum atomic E-state index is -2.59. The van der Waals surface area contributed by atoms with E-state index in [0.29, 0.717) is 61.9 Å². The van der Waals surface area contributed by atoms with E-state index < -0.39 is 60.0 Å². The number of para-hydroxylation sites is 1. The summed E-state index contributed by atoms with van der Waals surface area (Å²) in [6, 6.07) is 10.6. The van der Waals surface area contributed by atoms with Gasteiger partial charge in [-0.2, -0.15) is 0 Å². The van der Waals surface area contributed by atoms with Crippen molar-refractivity contribution in [1.29, 1.82) is 5.41 Å². The number of rotatable bonds is 7. The van der Waals surface area contributed by atoms with Crippen LogP contribution in [0, 0.1) is 29.0 Å². The largest absolute Gasteiger partial charge is 0.357 e. The number of halogens is 3. The van der Waals surface area contributed by atoms with E-state index in [0.717, 1.165) is 63.7 Å². The highest BCUT2D eigenvalue weighted by atomic mass is 19.3. The SMILES string of the molecule is C[C@@H]1Cc2c([nH]c3ccccc23)[C@@H](c2ncc(C3=CCC(C(=O)N4CCC(C5Cc6cc7c(cc6C5)C(=O)N(C5CCC(=O)C(=N)C5=O)C7=O)CC4)CC3)cc2F)N1CC(F)F. The van der Waals surface area contributed by atoms with E-state index in [1.54, 1.807) is 23.2 Å². The number of nitrogens with zero attached hydrogens (tertiary/aromatic N) is 4. The minimum Gasteiger partial charge on any atom is -0.357 e. The summed E-state index contributed by atoms with van der Waals surface area (Å²) in [5, 5.41) is 8.83. The van der Waals surface area contributed by atoms with Gasteiger partial charge in [0.15, 0.2) is 5.78 Å². The standard InChI is InChI=1S/C48H47F3N6O5/c1-24-16-33-32-4-2-3-5-37(32)54-42(33)44(56(24)23-40(50)51)43-36(49)21-31(22-53-43)25-6-8-27(9-7-25)46(60)55-14-12-26(13-15-55)28-17-29-19-34-35(20-30(29)18-28)48(62)57(47(34)61)38-10-11-39(58)41(52)45(38)59/h2-6,19-22,24,26-28,38,40,44,52,54H,7-18,23H2,1H3/t24-,27?,38?,44+/m1/s1. The number of pyridine rings is 1. The molecule has 2 aromatic heterocycles. The van der Waals surface area contributed by atoms with Gasteiger partial charge in [-0.15, -0.1) is 0 Å². The third-order valence-corrected chi connectivity index (χ3v) is 14.6. The van der Waals surface area contributed by atoms with Gasteiger partial charge >= 0.3 is 0 Å². The number of aromatic amines is 1. The molecular formula is C48H47F3N6O5. The molecule has 4 aromatic rings. The number of piperidine rings is 1. The van der Waals surface area contributed by atoms with E-state index in [9.17, 15) is 32.8 Å². The van der Waals surface area contributed by atoms with E-state index in [-0.39, 0.29) is 47.5 Å². The maximum atomic E-state index is 16.2. The Morgan fingerprint density at radius 3 is 2.29 bits per heavy atom. The van der Waals surface area contributed by atoms with Gasteiger partial charge in [-0.1, -0.05) is 24.3 Å². The third kappa shape index (κ3) is 6.72. The Hall–Kier alpha value is -5.76. The van der Waals surface area contributed by atoms with Crippen LogP contribution in [-0.2, 0) is 33.6 Å². The van der Waals surface area contributed by atoms with Crippen LogP contribution in [0.3, 0.4) is 0 Å². The molecule has 2 aromatic carbocycles. The minimum absolute atomic E-state index is 0.0320. The summed E-state index contributed by atoms with van der Waals surface area (Å²) in [6.07, 6.45) is 6.56. The summed E-state index contributed by atoms with van der Waals surface area (Å²) >= 11 is 0. The van der Waals surface area contributed by atoms with Gasteiger partial charge in [0.05, 0.1) is 29.4 Å². The summed E-state index contributed by atoms with van der Waals surface area (Å²) in [6.45, 7) is 2.69. The number of allylic oxidation sites excluding steroid dienone is 2. The van der Waals surface area contributed by atoms with Crippen LogP contribution in [0.2, 0.25) is 0 Å². The second kappa shape index (κ2) is 15.5. The summed E-state index contributed by atoms with van der Waals surface area (Å²) < 4.78 is 44.0. The number of amides is 3. The summed E-state index contributed by atoms with van der Waals surface area (Å²) in [4.78, 5) is 77.8. The van der Waals surface area contributed by atoms with Gasteiger partial charge in [-0.25, -0.2) is 13.2 Å². The summed E-state index contributed by atoms with van der Waals surface area (Å²) in [5.41, 5.74) is 6.16. The predicted molar refractivity (Wildman–Crippen MR) is 223 cm³/mol. The number of aromatic nitrogens is 2. The van der Waals surface area contributed by atoms with Crippen LogP contribution in [0.25, 0.3) is 16.5 Å². The van der Waals surface area contributed by atoms with Crippen LogP contribution in [0.5, 0.6) is 0 Å². The van der Waals surface area contributed by atoms with Crippen molar-refractivity contribution in [3.05, 3.63) is 105 Å². The summed E-state index contributed by atoms with van der Waals surface area (Å²) in [5.74, 6) is -2.37. The number of carbonyl (C=O) groups excluding carboxylic acids is 5. The van der Waals surface area contributed by atoms with Crippen LogP contribution in [0.4, 0.5) is 13.2 Å². The van der Waals surface area contributed by atoms with Gasteiger partial charge in [0.2, 0.25) is 11.7 Å². The van der Waals surface area contributed by atoms with E-state index in [4.69, 9.17) is 5.41 Å². The van der Waals surface area contributed by atoms with Crippen LogP contribution in [0.1, 0.15) is 112 Å². The molecule has 0 bridgehead atoms. The average molecular weight is 845 g/mol. The fourth-order valence-electron chi connectivity index (χ4n) is 11.3. The van der Waals surface area contributed by atoms with Crippen LogP contribution in [0.15, 0.2) is 54.7 Å². The number of ketones is 2. The lowest BCUT2D eigenvalue weighted by molar-refractivity contribution is -0.137. The smallest absolute Gasteiger partial charge is 0.262 e. The Labute approximate surface area is 356 Å². The Kier molecular flexibility index (Phi) is 10.1. The Bertz CT molecular complexity index is 2580. The van der Waals surface area contributed by atoms with E-state index in [2.05, 4.69) is 9.97 Å². The summed E-state index contributed by atoms with van der Waals surface area (Å²) in [7, 11) is 0. The lowest BCUT2D eigenvalue weighted by atomic mass is 9.81. The van der Waals surface area contributed by atoms with Crippen molar-refractivity contribution in [1.82, 2.24) is 24.7 Å². The predicted octanol–water partition coefficient (Wildman–Crippen LogP) is 7.06. The van der Waals surface area contributed by atoms with Crippen molar-refractivity contribution in [3.8, 4) is 0 Å². The first kappa shape index (κ1) is 40.3. The van der Waals surface area contributed by atoms with Crippen molar-refractivity contribution in [2.45, 2.75) is 95.7 Å².